The van der Waals surface area contributed by atoms with Crippen LogP contribution in [0.1, 0.15) is 0 Å². The van der Waals surface area contributed by atoms with Crippen LogP contribution < -0.4 is 0 Å². The molecule has 0 aromatic heterocycles. The fraction of sp³-hybridized carbons (Fsp3) is 0. The van der Waals surface area contributed by atoms with Gasteiger partial charge in [0.05, 0.1) is 29.4 Å². The van der Waals surface area contributed by atoms with Crippen molar-refractivity contribution in [1.82, 2.24) is 0 Å². The molecule has 0 bridgehead atoms. The standard InChI is InChI=1S/C36H24ClFO6S3/c37-29-9-21-35(22-10-29)46(41,42)33-17-5-27(6-18-33)25-1-13-31(14-2-25)45(39,40)32-15-3-26(4-16-32)28-7-19-34(20-8-28)47(43,44)36-23-11-30(38)12-24-36/h1-24H. The van der Waals surface area contributed by atoms with Gasteiger partial charge in [-0.05, 0) is 119 Å². The monoisotopic (exact) mass is 702 g/mol. The molecule has 0 fully saturated rings. The second-order valence-corrected chi connectivity index (χ2v) is 16.8. The third kappa shape index (κ3) is 6.50. The second kappa shape index (κ2) is 12.5. The third-order valence-electron chi connectivity index (χ3n) is 7.57. The molecule has 6 rings (SSSR count). The number of benzene rings is 6. The number of sulfone groups is 3. The van der Waals surface area contributed by atoms with Crippen molar-refractivity contribution < 1.29 is 29.6 Å². The van der Waals surface area contributed by atoms with E-state index in [0.717, 1.165) is 12.1 Å². The van der Waals surface area contributed by atoms with Crippen molar-refractivity contribution in [3.63, 3.8) is 0 Å². The van der Waals surface area contributed by atoms with Gasteiger partial charge in [0.25, 0.3) is 0 Å². The molecule has 0 unspecified atom stereocenters. The largest absolute Gasteiger partial charge is 0.219 e. The van der Waals surface area contributed by atoms with Crippen LogP contribution in [0.5, 0.6) is 0 Å². The summed E-state index contributed by atoms with van der Waals surface area (Å²) in [6, 6.07) is 35.6. The minimum Gasteiger partial charge on any atom is -0.219 e. The van der Waals surface area contributed by atoms with Crippen LogP contribution in [0.4, 0.5) is 4.39 Å². The second-order valence-electron chi connectivity index (χ2n) is 10.5. The van der Waals surface area contributed by atoms with Gasteiger partial charge in [0.2, 0.25) is 29.5 Å². The lowest BCUT2D eigenvalue weighted by Crippen LogP contribution is -2.02. The van der Waals surface area contributed by atoms with Crippen molar-refractivity contribution in [3.05, 3.63) is 156 Å². The molecule has 0 heterocycles. The van der Waals surface area contributed by atoms with Gasteiger partial charge in [0.1, 0.15) is 5.82 Å². The molecule has 47 heavy (non-hydrogen) atoms. The van der Waals surface area contributed by atoms with Crippen LogP contribution in [-0.4, -0.2) is 25.3 Å². The van der Waals surface area contributed by atoms with E-state index in [4.69, 9.17) is 11.6 Å². The zero-order valence-electron chi connectivity index (χ0n) is 24.3. The first-order valence-corrected chi connectivity index (χ1v) is 18.9. The van der Waals surface area contributed by atoms with Gasteiger partial charge in [-0.1, -0.05) is 60.1 Å². The van der Waals surface area contributed by atoms with Gasteiger partial charge < -0.3 is 0 Å². The molecule has 0 saturated carbocycles. The molecular formula is C36H24ClFO6S3. The zero-order chi connectivity index (χ0) is 33.4. The lowest BCUT2D eigenvalue weighted by atomic mass is 10.1. The summed E-state index contributed by atoms with van der Waals surface area (Å²) in [5.74, 6) is -0.532. The Balaban J connectivity index is 1.17. The minimum atomic E-state index is -3.85. The number of hydrogen-bond donors (Lipinski definition) is 0. The molecule has 0 amide bonds. The number of rotatable bonds is 8. The van der Waals surface area contributed by atoms with Gasteiger partial charge in [0.15, 0.2) is 0 Å². The van der Waals surface area contributed by atoms with Gasteiger partial charge in [-0.3, -0.25) is 0 Å². The van der Waals surface area contributed by atoms with Crippen LogP contribution in [0.15, 0.2) is 175 Å². The molecule has 6 aromatic carbocycles. The van der Waals surface area contributed by atoms with Crippen LogP contribution in [0.2, 0.25) is 5.02 Å². The first kappa shape index (κ1) is 32.3. The molecule has 6 nitrogen and oxygen atoms in total. The van der Waals surface area contributed by atoms with Gasteiger partial charge in [-0.15, -0.1) is 0 Å². The average Bonchev–Trinajstić information content (AvgIpc) is 3.09. The molecule has 0 saturated heterocycles. The molecular weight excluding hydrogens is 679 g/mol. The zero-order valence-corrected chi connectivity index (χ0v) is 27.5. The van der Waals surface area contributed by atoms with E-state index < -0.39 is 35.3 Å². The van der Waals surface area contributed by atoms with Crippen LogP contribution in [0.25, 0.3) is 22.3 Å². The Morgan fingerprint density at radius 3 is 0.745 bits per heavy atom. The molecule has 0 atom stereocenters. The van der Waals surface area contributed by atoms with E-state index in [9.17, 15) is 29.6 Å². The van der Waals surface area contributed by atoms with Gasteiger partial charge >= 0.3 is 0 Å². The van der Waals surface area contributed by atoms with E-state index in [1.165, 1.54) is 84.9 Å². The Labute approximate surface area is 277 Å². The lowest BCUT2D eigenvalue weighted by Gasteiger charge is -2.09. The quantitative estimate of drug-likeness (QED) is 0.148. The van der Waals surface area contributed by atoms with E-state index in [2.05, 4.69) is 0 Å². The Hall–Kier alpha value is -4.61. The maximum Gasteiger partial charge on any atom is 0.206 e. The van der Waals surface area contributed by atoms with Crippen LogP contribution in [0, 0.1) is 5.82 Å². The molecule has 0 N–H and O–H groups in total. The molecule has 0 aliphatic carbocycles. The van der Waals surface area contributed by atoms with E-state index in [1.807, 2.05) is 0 Å². The molecule has 6 aromatic rings. The number of halogens is 2. The van der Waals surface area contributed by atoms with Gasteiger partial charge in [0, 0.05) is 5.02 Å². The summed E-state index contributed by atoms with van der Waals surface area (Å²) in [4.78, 5) is 0.455. The van der Waals surface area contributed by atoms with Crippen LogP contribution in [-0.2, 0) is 29.5 Å². The molecule has 0 spiro atoms. The molecule has 0 aliphatic heterocycles. The smallest absolute Gasteiger partial charge is 0.206 e. The maximum atomic E-state index is 13.4. The van der Waals surface area contributed by atoms with Gasteiger partial charge in [-0.2, -0.15) is 0 Å². The topological polar surface area (TPSA) is 102 Å². The minimum absolute atomic E-state index is 0.0205. The fourth-order valence-electron chi connectivity index (χ4n) is 4.94. The van der Waals surface area contributed by atoms with Gasteiger partial charge in [-0.25, -0.2) is 29.6 Å². The fourth-order valence-corrected chi connectivity index (χ4v) is 8.85. The maximum absolute atomic E-state index is 13.4. The third-order valence-corrected chi connectivity index (χ3v) is 13.2. The summed E-state index contributed by atoms with van der Waals surface area (Å²) in [6.07, 6.45) is 0. The molecule has 11 heteroatoms. The van der Waals surface area contributed by atoms with Crippen molar-refractivity contribution in [2.75, 3.05) is 0 Å². The Bertz CT molecular complexity index is 2220. The summed E-state index contributed by atoms with van der Waals surface area (Å²) in [5.41, 5.74) is 2.79. The summed E-state index contributed by atoms with van der Waals surface area (Å²) < 4.78 is 91.7. The molecule has 236 valence electrons. The summed E-state index contributed by atoms with van der Waals surface area (Å²) in [7, 11) is -11.4. The van der Waals surface area contributed by atoms with E-state index in [0.29, 0.717) is 27.3 Å². The highest BCUT2D eigenvalue weighted by atomic mass is 35.5. The van der Waals surface area contributed by atoms with E-state index in [-0.39, 0.29) is 29.4 Å². The van der Waals surface area contributed by atoms with Crippen molar-refractivity contribution in [2.24, 2.45) is 0 Å². The first-order valence-electron chi connectivity index (χ1n) is 14.0. The van der Waals surface area contributed by atoms with Crippen LogP contribution >= 0.6 is 11.6 Å². The van der Waals surface area contributed by atoms with Crippen molar-refractivity contribution >= 4 is 41.1 Å². The Morgan fingerprint density at radius 2 is 0.511 bits per heavy atom. The molecule has 0 radical (unpaired) electrons. The predicted molar refractivity (Wildman–Crippen MR) is 178 cm³/mol. The van der Waals surface area contributed by atoms with E-state index in [1.54, 1.807) is 48.5 Å². The molecule has 0 aliphatic rings. The van der Waals surface area contributed by atoms with Crippen molar-refractivity contribution in [2.45, 2.75) is 29.4 Å². The first-order chi connectivity index (χ1) is 22.4. The lowest BCUT2D eigenvalue weighted by molar-refractivity contribution is 0.593. The normalized spacial score (nSPS) is 12.1. The van der Waals surface area contributed by atoms with E-state index >= 15 is 0 Å². The highest BCUT2D eigenvalue weighted by Crippen LogP contribution is 2.30. The summed E-state index contributed by atoms with van der Waals surface area (Å²) >= 11 is 5.88. The van der Waals surface area contributed by atoms with Crippen molar-refractivity contribution in [1.29, 1.82) is 0 Å². The summed E-state index contributed by atoms with van der Waals surface area (Å²) in [6.45, 7) is 0. The van der Waals surface area contributed by atoms with Crippen LogP contribution in [0.3, 0.4) is 0 Å². The SMILES string of the molecule is O=S(=O)(c1ccc(F)cc1)c1ccc(-c2ccc(S(=O)(=O)c3ccc(-c4ccc(S(=O)(=O)c5ccc(Cl)cc5)cc4)cc3)cc2)cc1. The van der Waals surface area contributed by atoms with Crippen molar-refractivity contribution in [3.8, 4) is 22.3 Å². The predicted octanol–water partition coefficient (Wildman–Crippen LogP) is 8.31. The highest BCUT2D eigenvalue weighted by Gasteiger charge is 2.21. The Morgan fingerprint density at radius 1 is 0.319 bits per heavy atom. The Kier molecular flexibility index (Phi) is 8.62. The number of hydrogen-bond acceptors (Lipinski definition) is 6. The summed E-state index contributed by atoms with van der Waals surface area (Å²) in [5, 5.41) is 0.435. The average molecular weight is 703 g/mol. The highest BCUT2D eigenvalue weighted by molar-refractivity contribution is 7.92.